The summed E-state index contributed by atoms with van der Waals surface area (Å²) in [5.41, 5.74) is 2.34. The minimum Gasteiger partial charge on any atom is -0.497 e. The standard InChI is InChI=1S/C18H16BrN3O3/c1-3-25-18(23)16-17(12-4-6-13(19)7-5-12)22(21-20-16)14-8-10-15(24-2)11-9-14/h4-11H,3H2,1-2H3. The quantitative estimate of drug-likeness (QED) is 0.606. The van der Waals surface area contributed by atoms with E-state index in [9.17, 15) is 4.79 Å². The average molecular weight is 402 g/mol. The molecule has 0 saturated heterocycles. The predicted octanol–water partition coefficient (Wildman–Crippen LogP) is 3.88. The highest BCUT2D eigenvalue weighted by Crippen LogP contribution is 2.28. The van der Waals surface area contributed by atoms with E-state index in [1.165, 1.54) is 0 Å². The second kappa shape index (κ2) is 7.48. The van der Waals surface area contributed by atoms with Gasteiger partial charge >= 0.3 is 5.97 Å². The van der Waals surface area contributed by atoms with Gasteiger partial charge in [0.15, 0.2) is 5.69 Å². The number of carbonyl (C=O) groups is 1. The maximum atomic E-state index is 12.3. The molecular weight excluding hydrogens is 386 g/mol. The molecule has 3 rings (SSSR count). The van der Waals surface area contributed by atoms with E-state index in [4.69, 9.17) is 9.47 Å². The summed E-state index contributed by atoms with van der Waals surface area (Å²) in [6.45, 7) is 2.03. The van der Waals surface area contributed by atoms with Gasteiger partial charge in [-0.1, -0.05) is 33.3 Å². The van der Waals surface area contributed by atoms with Gasteiger partial charge in [-0.3, -0.25) is 0 Å². The molecule has 0 aliphatic carbocycles. The van der Waals surface area contributed by atoms with Crippen LogP contribution in [0.25, 0.3) is 16.9 Å². The van der Waals surface area contributed by atoms with Gasteiger partial charge in [0, 0.05) is 10.0 Å². The molecule has 3 aromatic rings. The molecule has 1 heterocycles. The SMILES string of the molecule is CCOC(=O)c1nnn(-c2ccc(OC)cc2)c1-c1ccc(Br)cc1. The summed E-state index contributed by atoms with van der Waals surface area (Å²) in [5, 5.41) is 8.21. The van der Waals surface area contributed by atoms with Gasteiger partial charge < -0.3 is 9.47 Å². The van der Waals surface area contributed by atoms with Crippen LogP contribution in [-0.2, 0) is 4.74 Å². The van der Waals surface area contributed by atoms with Crippen molar-refractivity contribution in [3.8, 4) is 22.7 Å². The second-order valence-corrected chi connectivity index (χ2v) is 6.04. The highest BCUT2D eigenvalue weighted by atomic mass is 79.9. The summed E-state index contributed by atoms with van der Waals surface area (Å²) in [5.74, 6) is 0.236. The van der Waals surface area contributed by atoms with Crippen LogP contribution >= 0.6 is 15.9 Å². The van der Waals surface area contributed by atoms with Gasteiger partial charge in [-0.05, 0) is 43.3 Å². The van der Waals surface area contributed by atoms with Crippen molar-refractivity contribution in [3.05, 3.63) is 58.7 Å². The van der Waals surface area contributed by atoms with E-state index in [-0.39, 0.29) is 12.3 Å². The van der Waals surface area contributed by atoms with Crippen LogP contribution in [0.2, 0.25) is 0 Å². The van der Waals surface area contributed by atoms with Crippen LogP contribution in [0.4, 0.5) is 0 Å². The van der Waals surface area contributed by atoms with Crippen molar-refractivity contribution in [2.75, 3.05) is 13.7 Å². The third kappa shape index (κ3) is 3.56. The zero-order chi connectivity index (χ0) is 17.8. The number of methoxy groups -OCH3 is 1. The Kier molecular flexibility index (Phi) is 5.14. The Morgan fingerprint density at radius 3 is 2.40 bits per heavy atom. The van der Waals surface area contributed by atoms with Crippen LogP contribution in [0.3, 0.4) is 0 Å². The molecule has 0 spiro atoms. The fourth-order valence-corrected chi connectivity index (χ4v) is 2.65. The maximum Gasteiger partial charge on any atom is 0.361 e. The van der Waals surface area contributed by atoms with Gasteiger partial charge in [-0.15, -0.1) is 5.10 Å². The number of halogens is 1. The fraction of sp³-hybridized carbons (Fsp3) is 0.167. The summed E-state index contributed by atoms with van der Waals surface area (Å²) in [6.07, 6.45) is 0. The molecule has 128 valence electrons. The molecule has 0 fully saturated rings. The monoisotopic (exact) mass is 401 g/mol. The number of aromatic nitrogens is 3. The van der Waals surface area contributed by atoms with E-state index in [1.54, 1.807) is 18.7 Å². The van der Waals surface area contributed by atoms with Crippen molar-refractivity contribution in [2.45, 2.75) is 6.92 Å². The summed E-state index contributed by atoms with van der Waals surface area (Å²) in [6, 6.07) is 14.9. The Morgan fingerprint density at radius 1 is 1.12 bits per heavy atom. The van der Waals surface area contributed by atoms with Gasteiger partial charge in [0.05, 0.1) is 19.4 Å². The van der Waals surface area contributed by atoms with Crippen LogP contribution < -0.4 is 4.74 Å². The highest BCUT2D eigenvalue weighted by Gasteiger charge is 2.23. The minimum atomic E-state index is -0.500. The molecule has 0 atom stereocenters. The molecule has 1 aromatic heterocycles. The molecule has 25 heavy (non-hydrogen) atoms. The minimum absolute atomic E-state index is 0.181. The molecule has 0 bridgehead atoms. The van der Waals surface area contributed by atoms with Crippen molar-refractivity contribution in [2.24, 2.45) is 0 Å². The van der Waals surface area contributed by atoms with Crippen molar-refractivity contribution in [3.63, 3.8) is 0 Å². The molecule has 0 aliphatic heterocycles. The molecule has 0 unspecified atom stereocenters. The van der Waals surface area contributed by atoms with Crippen molar-refractivity contribution in [1.82, 2.24) is 15.0 Å². The Balaban J connectivity index is 2.14. The number of hydrogen-bond donors (Lipinski definition) is 0. The van der Waals surface area contributed by atoms with E-state index in [2.05, 4.69) is 26.2 Å². The van der Waals surface area contributed by atoms with Crippen LogP contribution in [0.1, 0.15) is 17.4 Å². The van der Waals surface area contributed by atoms with E-state index in [0.717, 1.165) is 21.5 Å². The summed E-state index contributed by atoms with van der Waals surface area (Å²) >= 11 is 3.42. The summed E-state index contributed by atoms with van der Waals surface area (Å²) < 4.78 is 12.9. The van der Waals surface area contributed by atoms with Crippen LogP contribution in [-0.4, -0.2) is 34.7 Å². The zero-order valence-corrected chi connectivity index (χ0v) is 15.4. The first kappa shape index (κ1) is 17.2. The topological polar surface area (TPSA) is 66.2 Å². The molecule has 2 aromatic carbocycles. The fourth-order valence-electron chi connectivity index (χ4n) is 2.39. The average Bonchev–Trinajstić information content (AvgIpc) is 3.08. The molecule has 6 nitrogen and oxygen atoms in total. The molecule has 7 heteroatoms. The maximum absolute atomic E-state index is 12.3. The predicted molar refractivity (Wildman–Crippen MR) is 97.0 cm³/mol. The van der Waals surface area contributed by atoms with Crippen molar-refractivity contribution < 1.29 is 14.3 Å². The summed E-state index contributed by atoms with van der Waals surface area (Å²) in [4.78, 5) is 12.3. The first-order valence-corrected chi connectivity index (χ1v) is 8.46. The van der Waals surface area contributed by atoms with E-state index in [0.29, 0.717) is 5.69 Å². The number of nitrogens with zero attached hydrogens (tertiary/aromatic N) is 3. The Bertz CT molecular complexity index is 874. The van der Waals surface area contributed by atoms with E-state index >= 15 is 0 Å². The Hall–Kier alpha value is -2.67. The van der Waals surface area contributed by atoms with Gasteiger partial charge in [-0.2, -0.15) is 0 Å². The molecule has 0 radical (unpaired) electrons. The molecule has 0 aliphatic rings. The number of ether oxygens (including phenoxy) is 2. The van der Waals surface area contributed by atoms with Crippen LogP contribution in [0, 0.1) is 0 Å². The lowest BCUT2D eigenvalue weighted by molar-refractivity contribution is 0.0520. The second-order valence-electron chi connectivity index (χ2n) is 5.12. The van der Waals surface area contributed by atoms with Crippen molar-refractivity contribution in [1.29, 1.82) is 0 Å². The normalized spacial score (nSPS) is 10.5. The highest BCUT2D eigenvalue weighted by molar-refractivity contribution is 9.10. The largest absolute Gasteiger partial charge is 0.497 e. The number of hydrogen-bond acceptors (Lipinski definition) is 5. The van der Waals surface area contributed by atoms with Gasteiger partial charge in [-0.25, -0.2) is 9.48 Å². The lowest BCUT2D eigenvalue weighted by Gasteiger charge is -2.09. The first-order valence-electron chi connectivity index (χ1n) is 7.67. The number of carbonyl (C=O) groups excluding carboxylic acids is 1. The van der Waals surface area contributed by atoms with Gasteiger partial charge in [0.1, 0.15) is 11.4 Å². The van der Waals surface area contributed by atoms with Gasteiger partial charge in [0.2, 0.25) is 0 Å². The molecular formula is C18H16BrN3O3. The van der Waals surface area contributed by atoms with Crippen molar-refractivity contribution >= 4 is 21.9 Å². The van der Waals surface area contributed by atoms with Gasteiger partial charge in [0.25, 0.3) is 0 Å². The third-order valence-corrected chi connectivity index (χ3v) is 4.10. The lowest BCUT2D eigenvalue weighted by atomic mass is 10.1. The lowest BCUT2D eigenvalue weighted by Crippen LogP contribution is -2.08. The smallest absolute Gasteiger partial charge is 0.361 e. The zero-order valence-electron chi connectivity index (χ0n) is 13.8. The Labute approximate surface area is 153 Å². The number of esters is 1. The first-order chi connectivity index (χ1) is 12.1. The van der Waals surface area contributed by atoms with Crippen LogP contribution in [0.5, 0.6) is 5.75 Å². The van der Waals surface area contributed by atoms with Crippen LogP contribution in [0.15, 0.2) is 53.0 Å². The molecule has 0 saturated carbocycles. The number of rotatable bonds is 5. The Morgan fingerprint density at radius 2 is 1.80 bits per heavy atom. The molecule has 0 amide bonds. The number of benzene rings is 2. The van der Waals surface area contributed by atoms with E-state index < -0.39 is 5.97 Å². The summed E-state index contributed by atoms with van der Waals surface area (Å²) in [7, 11) is 1.61. The molecule has 0 N–H and O–H groups in total. The third-order valence-electron chi connectivity index (χ3n) is 3.57. The van der Waals surface area contributed by atoms with E-state index in [1.807, 2.05) is 48.5 Å².